The van der Waals surface area contributed by atoms with E-state index < -0.39 is 0 Å². The van der Waals surface area contributed by atoms with Crippen LogP contribution in [0.5, 0.6) is 0 Å². The van der Waals surface area contributed by atoms with Crippen molar-refractivity contribution in [3.63, 3.8) is 0 Å². The van der Waals surface area contributed by atoms with Gasteiger partial charge in [0.25, 0.3) is 5.91 Å². The third-order valence-corrected chi connectivity index (χ3v) is 4.49. The molecule has 0 fully saturated rings. The maximum atomic E-state index is 12.9. The summed E-state index contributed by atoms with van der Waals surface area (Å²) < 4.78 is 3.80. The molecule has 5 nitrogen and oxygen atoms in total. The molecular formula is C16H18N4OS. The number of carbonyl (C=O) groups is 1. The molecular weight excluding hydrogens is 296 g/mol. The zero-order chi connectivity index (χ0) is 15.9. The summed E-state index contributed by atoms with van der Waals surface area (Å²) in [5.74, 6) is 0.737. The lowest BCUT2D eigenvalue weighted by molar-refractivity contribution is 0.0993. The lowest BCUT2D eigenvalue weighted by Gasteiger charge is -2.17. The summed E-state index contributed by atoms with van der Waals surface area (Å²) in [6, 6.07) is 6.02. The molecule has 0 aliphatic heterocycles. The van der Waals surface area contributed by atoms with Crippen molar-refractivity contribution in [1.82, 2.24) is 14.3 Å². The van der Waals surface area contributed by atoms with E-state index in [4.69, 9.17) is 0 Å². The molecule has 6 heteroatoms. The molecule has 3 heterocycles. The molecule has 3 rings (SSSR count). The van der Waals surface area contributed by atoms with Crippen LogP contribution in [0.4, 0.5) is 5.69 Å². The second-order valence-electron chi connectivity index (χ2n) is 5.30. The van der Waals surface area contributed by atoms with Gasteiger partial charge < -0.3 is 9.47 Å². The number of rotatable bonds is 3. The van der Waals surface area contributed by atoms with Gasteiger partial charge >= 0.3 is 0 Å². The van der Waals surface area contributed by atoms with E-state index in [0.29, 0.717) is 5.56 Å². The van der Waals surface area contributed by atoms with Gasteiger partial charge in [-0.1, -0.05) is 0 Å². The van der Waals surface area contributed by atoms with E-state index >= 15 is 0 Å². The summed E-state index contributed by atoms with van der Waals surface area (Å²) in [5, 5.41) is 8.21. The van der Waals surface area contributed by atoms with Gasteiger partial charge in [-0.3, -0.25) is 9.48 Å². The molecule has 0 radical (unpaired) electrons. The number of anilines is 1. The van der Waals surface area contributed by atoms with Crippen molar-refractivity contribution in [2.75, 3.05) is 11.9 Å². The van der Waals surface area contributed by atoms with Gasteiger partial charge in [-0.2, -0.15) is 16.4 Å². The Morgan fingerprint density at radius 2 is 1.91 bits per heavy atom. The van der Waals surface area contributed by atoms with Gasteiger partial charge in [0.2, 0.25) is 0 Å². The van der Waals surface area contributed by atoms with E-state index in [0.717, 1.165) is 22.9 Å². The minimum absolute atomic E-state index is 0.0611. The molecule has 0 aromatic carbocycles. The van der Waals surface area contributed by atoms with Gasteiger partial charge in [0.05, 0.1) is 11.9 Å². The molecule has 0 saturated heterocycles. The van der Waals surface area contributed by atoms with E-state index in [2.05, 4.69) is 9.67 Å². The second-order valence-corrected chi connectivity index (χ2v) is 6.08. The highest BCUT2D eigenvalue weighted by molar-refractivity contribution is 7.08. The van der Waals surface area contributed by atoms with Crippen molar-refractivity contribution in [2.45, 2.75) is 13.8 Å². The molecule has 22 heavy (non-hydrogen) atoms. The lowest BCUT2D eigenvalue weighted by Crippen LogP contribution is -2.27. The van der Waals surface area contributed by atoms with E-state index in [1.165, 1.54) is 0 Å². The number of amides is 1. The van der Waals surface area contributed by atoms with Crippen LogP contribution in [0.1, 0.15) is 21.7 Å². The summed E-state index contributed by atoms with van der Waals surface area (Å²) in [5.41, 5.74) is 3.64. The Labute approximate surface area is 133 Å². The first kappa shape index (κ1) is 14.6. The van der Waals surface area contributed by atoms with Crippen molar-refractivity contribution in [3.05, 3.63) is 52.1 Å². The molecule has 0 bridgehead atoms. The van der Waals surface area contributed by atoms with Crippen LogP contribution in [-0.2, 0) is 7.05 Å². The Balaban J connectivity index is 2.08. The molecule has 0 atom stereocenters. The minimum Gasteiger partial charge on any atom is -0.310 e. The van der Waals surface area contributed by atoms with Crippen LogP contribution < -0.4 is 4.90 Å². The third kappa shape index (κ3) is 2.25. The van der Waals surface area contributed by atoms with E-state index in [-0.39, 0.29) is 5.91 Å². The van der Waals surface area contributed by atoms with Crippen LogP contribution in [-0.4, -0.2) is 27.3 Å². The third-order valence-electron chi connectivity index (χ3n) is 3.82. The Morgan fingerprint density at radius 1 is 1.23 bits per heavy atom. The van der Waals surface area contributed by atoms with Gasteiger partial charge in [0.1, 0.15) is 11.4 Å². The highest BCUT2D eigenvalue weighted by Gasteiger charge is 2.23. The van der Waals surface area contributed by atoms with Crippen molar-refractivity contribution in [2.24, 2.45) is 7.05 Å². The number of hydrogen-bond acceptors (Lipinski definition) is 3. The fourth-order valence-electron chi connectivity index (χ4n) is 2.60. The number of aromatic nitrogens is 3. The molecule has 0 spiro atoms. The predicted molar refractivity (Wildman–Crippen MR) is 89.1 cm³/mol. The zero-order valence-corrected chi connectivity index (χ0v) is 13.9. The van der Waals surface area contributed by atoms with Crippen molar-refractivity contribution < 1.29 is 4.79 Å². The highest BCUT2D eigenvalue weighted by atomic mass is 32.1. The minimum atomic E-state index is -0.0611. The SMILES string of the molecule is Cc1ccc(C)n1-c1c(C(=O)N(C)c2ccsc2)cnn1C. The predicted octanol–water partition coefficient (Wildman–Crippen LogP) is 3.17. The first-order chi connectivity index (χ1) is 10.5. The van der Waals surface area contributed by atoms with Crippen molar-refractivity contribution in [3.8, 4) is 5.82 Å². The molecule has 0 aliphatic rings. The largest absolute Gasteiger partial charge is 0.310 e. The van der Waals surface area contributed by atoms with Crippen LogP contribution in [0.2, 0.25) is 0 Å². The number of hydrogen-bond donors (Lipinski definition) is 0. The summed E-state index contributed by atoms with van der Waals surface area (Å²) in [6.07, 6.45) is 1.64. The smallest absolute Gasteiger partial charge is 0.263 e. The van der Waals surface area contributed by atoms with E-state index in [1.54, 1.807) is 34.2 Å². The Bertz CT molecular complexity index is 794. The molecule has 0 N–H and O–H groups in total. The molecule has 0 saturated carbocycles. The first-order valence-corrected chi connectivity index (χ1v) is 7.92. The van der Waals surface area contributed by atoms with Crippen LogP contribution in [0, 0.1) is 13.8 Å². The van der Waals surface area contributed by atoms with Crippen molar-refractivity contribution >= 4 is 22.9 Å². The van der Waals surface area contributed by atoms with Gasteiger partial charge in [-0.15, -0.1) is 0 Å². The van der Waals surface area contributed by atoms with Crippen LogP contribution >= 0.6 is 11.3 Å². The zero-order valence-electron chi connectivity index (χ0n) is 13.1. The first-order valence-electron chi connectivity index (χ1n) is 6.98. The summed E-state index contributed by atoms with van der Waals surface area (Å²) in [6.45, 7) is 4.05. The summed E-state index contributed by atoms with van der Waals surface area (Å²) >= 11 is 1.57. The topological polar surface area (TPSA) is 43.1 Å². The van der Waals surface area contributed by atoms with Crippen LogP contribution in [0.3, 0.4) is 0 Å². The van der Waals surface area contributed by atoms with Crippen molar-refractivity contribution in [1.29, 1.82) is 0 Å². The lowest BCUT2D eigenvalue weighted by atomic mass is 10.2. The summed E-state index contributed by atoms with van der Waals surface area (Å²) in [7, 11) is 3.64. The maximum Gasteiger partial charge on any atom is 0.263 e. The fraction of sp³-hybridized carbons (Fsp3) is 0.250. The molecule has 3 aromatic rings. The number of nitrogens with zero attached hydrogens (tertiary/aromatic N) is 4. The maximum absolute atomic E-state index is 12.9. The summed E-state index contributed by atoms with van der Waals surface area (Å²) in [4.78, 5) is 14.5. The van der Waals surface area contributed by atoms with Crippen LogP contribution in [0.15, 0.2) is 35.2 Å². The van der Waals surface area contributed by atoms with Crippen LogP contribution in [0.25, 0.3) is 5.82 Å². The van der Waals surface area contributed by atoms with E-state index in [1.807, 2.05) is 49.9 Å². The quantitative estimate of drug-likeness (QED) is 0.745. The van der Waals surface area contributed by atoms with E-state index in [9.17, 15) is 4.79 Å². The number of aryl methyl sites for hydroxylation is 3. The Kier molecular flexibility index (Phi) is 3.62. The molecule has 1 amide bonds. The van der Waals surface area contributed by atoms with Gasteiger partial charge in [-0.25, -0.2) is 0 Å². The Morgan fingerprint density at radius 3 is 2.50 bits per heavy atom. The Hall–Kier alpha value is -2.34. The molecule has 3 aromatic heterocycles. The second kappa shape index (κ2) is 5.46. The standard InChI is InChI=1S/C16H18N4OS/c1-11-5-6-12(2)20(11)15-14(9-17-19(15)4)16(21)18(3)13-7-8-22-10-13/h5-10H,1-4H3. The van der Waals surface area contributed by atoms with Gasteiger partial charge in [-0.05, 0) is 37.4 Å². The fourth-order valence-corrected chi connectivity index (χ4v) is 3.27. The molecule has 0 unspecified atom stereocenters. The average molecular weight is 314 g/mol. The molecule has 114 valence electrons. The normalized spacial score (nSPS) is 10.9. The van der Waals surface area contributed by atoms with Gasteiger partial charge in [0, 0.05) is 30.9 Å². The van der Waals surface area contributed by atoms with Gasteiger partial charge in [0.15, 0.2) is 0 Å². The number of carbonyl (C=O) groups excluding carboxylic acids is 1. The monoisotopic (exact) mass is 314 g/mol. The average Bonchev–Trinajstić information content (AvgIpc) is 3.20. The number of thiophene rings is 1. The molecule has 0 aliphatic carbocycles. The highest BCUT2D eigenvalue weighted by Crippen LogP contribution is 2.24.